The molecule has 3 aromatic carbocycles. The van der Waals surface area contributed by atoms with Crippen LogP contribution in [0.5, 0.6) is 0 Å². The van der Waals surface area contributed by atoms with E-state index < -0.39 is 0 Å². The predicted octanol–water partition coefficient (Wildman–Crippen LogP) is 7.98. The summed E-state index contributed by atoms with van der Waals surface area (Å²) in [7, 11) is 0. The van der Waals surface area contributed by atoms with E-state index in [1.165, 1.54) is 0 Å². The Balaban J connectivity index is 1.56. The van der Waals surface area contributed by atoms with E-state index in [2.05, 4.69) is 25.9 Å². The summed E-state index contributed by atoms with van der Waals surface area (Å²) in [6, 6.07) is 18.8. The molecule has 0 amide bonds. The number of benzene rings is 3. The molecule has 3 nitrogen and oxygen atoms in total. The molecule has 0 bridgehead atoms. The minimum Gasteiger partial charge on any atom is -0.436 e. The van der Waals surface area contributed by atoms with Gasteiger partial charge in [-0.15, -0.1) is 0 Å². The zero-order valence-electron chi connectivity index (χ0n) is 14.4. The SMILES string of the molecule is Clc1ccc(Cl)c(-c2nc3cc(N=CC=Cc4ccc(Br)cc4)ccc3o2)c1. The maximum Gasteiger partial charge on any atom is 0.228 e. The average molecular weight is 472 g/mol. The fraction of sp³-hybridized carbons (Fsp3) is 0. The van der Waals surface area contributed by atoms with E-state index in [-0.39, 0.29) is 0 Å². The average Bonchev–Trinajstić information content (AvgIpc) is 3.11. The predicted molar refractivity (Wildman–Crippen MR) is 121 cm³/mol. The molecule has 0 spiro atoms. The second-order valence-corrected chi connectivity index (χ2v) is 7.74. The van der Waals surface area contributed by atoms with Crippen LogP contribution in [0.2, 0.25) is 10.0 Å². The van der Waals surface area contributed by atoms with Crippen LogP contribution in [0.15, 0.2) is 80.6 Å². The number of allylic oxidation sites excluding steroid dienone is 1. The van der Waals surface area contributed by atoms with E-state index in [1.54, 1.807) is 24.4 Å². The van der Waals surface area contributed by atoms with Crippen molar-refractivity contribution in [2.75, 3.05) is 0 Å². The topological polar surface area (TPSA) is 38.4 Å². The maximum absolute atomic E-state index is 6.24. The fourth-order valence-corrected chi connectivity index (χ4v) is 3.26. The molecule has 28 heavy (non-hydrogen) atoms. The molecule has 1 heterocycles. The van der Waals surface area contributed by atoms with Gasteiger partial charge in [0.25, 0.3) is 0 Å². The van der Waals surface area contributed by atoms with Gasteiger partial charge in [-0.3, -0.25) is 4.99 Å². The molecule has 0 N–H and O–H groups in total. The van der Waals surface area contributed by atoms with Gasteiger partial charge in [-0.2, -0.15) is 0 Å². The minimum absolute atomic E-state index is 0.429. The number of halogens is 3. The van der Waals surface area contributed by atoms with Crippen molar-refractivity contribution in [1.29, 1.82) is 0 Å². The van der Waals surface area contributed by atoms with Crippen molar-refractivity contribution < 1.29 is 4.42 Å². The number of hydrogen-bond acceptors (Lipinski definition) is 3. The first kappa shape index (κ1) is 18.9. The molecule has 4 rings (SSSR count). The standard InChI is InChI=1S/C22H13BrCl2N2O/c23-15-5-3-14(4-6-15)2-1-11-26-17-8-10-21-20(13-17)27-22(28-21)18-12-16(24)7-9-19(18)25/h1-13H. The lowest BCUT2D eigenvalue weighted by atomic mass is 10.2. The molecule has 0 aliphatic carbocycles. The summed E-state index contributed by atoms with van der Waals surface area (Å²) in [5.74, 6) is 0.429. The van der Waals surface area contributed by atoms with Crippen LogP contribution < -0.4 is 0 Å². The number of hydrogen-bond donors (Lipinski definition) is 0. The van der Waals surface area contributed by atoms with E-state index in [0.29, 0.717) is 32.6 Å². The van der Waals surface area contributed by atoms with Crippen molar-refractivity contribution >= 4 is 68.2 Å². The Bertz CT molecular complexity index is 1200. The fourth-order valence-electron chi connectivity index (χ4n) is 2.63. The monoisotopic (exact) mass is 470 g/mol. The third-order valence-electron chi connectivity index (χ3n) is 4.00. The molecule has 0 atom stereocenters. The van der Waals surface area contributed by atoms with Crippen molar-refractivity contribution in [3.05, 3.63) is 86.8 Å². The molecule has 0 saturated carbocycles. The first-order chi connectivity index (χ1) is 13.6. The lowest BCUT2D eigenvalue weighted by Gasteiger charge is -1.99. The molecule has 0 fully saturated rings. The van der Waals surface area contributed by atoms with Gasteiger partial charge in [-0.05, 0) is 60.2 Å². The van der Waals surface area contributed by atoms with Crippen molar-refractivity contribution in [3.8, 4) is 11.5 Å². The lowest BCUT2D eigenvalue weighted by molar-refractivity contribution is 0.620. The van der Waals surface area contributed by atoms with Gasteiger partial charge in [-0.1, -0.05) is 57.3 Å². The highest BCUT2D eigenvalue weighted by atomic mass is 79.9. The quantitative estimate of drug-likeness (QED) is 0.283. The molecule has 0 aliphatic rings. The van der Waals surface area contributed by atoms with Crippen LogP contribution in [0.4, 0.5) is 5.69 Å². The summed E-state index contributed by atoms with van der Waals surface area (Å²) in [6.45, 7) is 0. The van der Waals surface area contributed by atoms with Crippen LogP contribution >= 0.6 is 39.1 Å². The first-order valence-corrected chi connectivity index (χ1v) is 9.96. The van der Waals surface area contributed by atoms with E-state index in [9.17, 15) is 0 Å². The highest BCUT2D eigenvalue weighted by Crippen LogP contribution is 2.33. The van der Waals surface area contributed by atoms with Gasteiger partial charge in [0.1, 0.15) is 5.52 Å². The highest BCUT2D eigenvalue weighted by Gasteiger charge is 2.12. The Labute approximate surface area is 180 Å². The second kappa shape index (κ2) is 8.31. The summed E-state index contributed by atoms with van der Waals surface area (Å²) >= 11 is 15.7. The van der Waals surface area contributed by atoms with Crippen LogP contribution in [0.25, 0.3) is 28.6 Å². The molecule has 4 aromatic rings. The zero-order chi connectivity index (χ0) is 19.5. The number of aromatic nitrogens is 1. The summed E-state index contributed by atoms with van der Waals surface area (Å²) in [6.07, 6.45) is 5.63. The summed E-state index contributed by atoms with van der Waals surface area (Å²) in [5, 5.41) is 1.11. The molecule has 6 heteroatoms. The summed E-state index contributed by atoms with van der Waals surface area (Å²) < 4.78 is 6.87. The molecule has 0 unspecified atom stereocenters. The van der Waals surface area contributed by atoms with Crippen LogP contribution in [0, 0.1) is 0 Å². The van der Waals surface area contributed by atoms with E-state index in [1.807, 2.05) is 54.6 Å². The van der Waals surface area contributed by atoms with Crippen molar-refractivity contribution in [2.24, 2.45) is 4.99 Å². The Morgan fingerprint density at radius 3 is 2.61 bits per heavy atom. The molecule has 0 saturated heterocycles. The van der Waals surface area contributed by atoms with Crippen LogP contribution in [-0.2, 0) is 0 Å². The van der Waals surface area contributed by atoms with Crippen molar-refractivity contribution in [1.82, 2.24) is 4.98 Å². The minimum atomic E-state index is 0.429. The number of aliphatic imine (C=N–C) groups is 1. The van der Waals surface area contributed by atoms with Gasteiger partial charge in [0.05, 0.1) is 16.3 Å². The smallest absolute Gasteiger partial charge is 0.228 e. The van der Waals surface area contributed by atoms with Crippen LogP contribution in [-0.4, -0.2) is 11.2 Å². The number of nitrogens with zero attached hydrogens (tertiary/aromatic N) is 2. The van der Waals surface area contributed by atoms with Crippen LogP contribution in [0.3, 0.4) is 0 Å². The Morgan fingerprint density at radius 1 is 0.964 bits per heavy atom. The van der Waals surface area contributed by atoms with E-state index >= 15 is 0 Å². The molecule has 0 aliphatic heterocycles. The van der Waals surface area contributed by atoms with Gasteiger partial charge in [0, 0.05) is 15.7 Å². The molecule has 1 aromatic heterocycles. The molecular formula is C22H13BrCl2N2O. The van der Waals surface area contributed by atoms with Gasteiger partial charge < -0.3 is 4.42 Å². The zero-order valence-corrected chi connectivity index (χ0v) is 17.5. The van der Waals surface area contributed by atoms with E-state index in [0.717, 1.165) is 15.7 Å². The normalized spacial score (nSPS) is 11.8. The molecule has 138 valence electrons. The van der Waals surface area contributed by atoms with Gasteiger partial charge >= 0.3 is 0 Å². The second-order valence-electron chi connectivity index (χ2n) is 5.98. The first-order valence-electron chi connectivity index (χ1n) is 8.41. The molecular weight excluding hydrogens is 459 g/mol. The largest absolute Gasteiger partial charge is 0.436 e. The Kier molecular flexibility index (Phi) is 5.62. The highest BCUT2D eigenvalue weighted by molar-refractivity contribution is 9.10. The summed E-state index contributed by atoms with van der Waals surface area (Å²) in [4.78, 5) is 8.98. The van der Waals surface area contributed by atoms with Crippen molar-refractivity contribution in [2.45, 2.75) is 0 Å². The number of fused-ring (bicyclic) bond motifs is 1. The maximum atomic E-state index is 6.24. The molecule has 0 radical (unpaired) electrons. The third kappa shape index (κ3) is 4.36. The van der Waals surface area contributed by atoms with E-state index in [4.69, 9.17) is 27.6 Å². The van der Waals surface area contributed by atoms with Gasteiger partial charge in [0.15, 0.2) is 5.58 Å². The van der Waals surface area contributed by atoms with Crippen LogP contribution in [0.1, 0.15) is 5.56 Å². The Hall–Kier alpha value is -2.40. The van der Waals surface area contributed by atoms with Gasteiger partial charge in [-0.25, -0.2) is 4.98 Å². The lowest BCUT2D eigenvalue weighted by Crippen LogP contribution is -1.79. The number of rotatable bonds is 4. The Morgan fingerprint density at radius 2 is 1.79 bits per heavy atom. The van der Waals surface area contributed by atoms with Gasteiger partial charge in [0.2, 0.25) is 5.89 Å². The summed E-state index contributed by atoms with van der Waals surface area (Å²) in [5.41, 5.74) is 3.91. The third-order valence-corrected chi connectivity index (χ3v) is 5.09. The number of oxazole rings is 1. The van der Waals surface area contributed by atoms with Crippen molar-refractivity contribution in [3.63, 3.8) is 0 Å².